The normalized spacial score (nSPS) is 15.4. The molecule has 2 heterocycles. The van der Waals surface area contributed by atoms with E-state index in [0.717, 1.165) is 41.7 Å². The molecular formula is C25H34FN3O3S. The Balaban J connectivity index is 1.74. The van der Waals surface area contributed by atoms with Gasteiger partial charge in [-0.15, -0.1) is 11.3 Å². The van der Waals surface area contributed by atoms with Crippen LogP contribution in [0.5, 0.6) is 0 Å². The molecule has 3 rings (SSSR count). The minimum absolute atomic E-state index is 0.0244. The Labute approximate surface area is 199 Å². The number of carbonyl (C=O) groups is 2. The SMILES string of the molecule is CCCCNC(=O)N(CC(=O)N(Cc1ccc(F)cc1)Cc1sccc1C)CC1CCCO1. The van der Waals surface area contributed by atoms with Gasteiger partial charge in [0.1, 0.15) is 12.4 Å². The molecule has 0 aliphatic carbocycles. The van der Waals surface area contributed by atoms with Gasteiger partial charge in [-0.3, -0.25) is 4.79 Å². The summed E-state index contributed by atoms with van der Waals surface area (Å²) >= 11 is 1.61. The number of nitrogens with zero attached hydrogens (tertiary/aromatic N) is 2. The van der Waals surface area contributed by atoms with E-state index in [4.69, 9.17) is 4.74 Å². The van der Waals surface area contributed by atoms with Gasteiger partial charge in [0.2, 0.25) is 5.91 Å². The molecule has 3 amide bonds. The fourth-order valence-electron chi connectivity index (χ4n) is 3.78. The first kappa shape index (κ1) is 25.2. The van der Waals surface area contributed by atoms with Crippen LogP contribution in [0.25, 0.3) is 0 Å². The number of hydrogen-bond donors (Lipinski definition) is 1. The first-order chi connectivity index (χ1) is 16.0. The summed E-state index contributed by atoms with van der Waals surface area (Å²) in [4.78, 5) is 30.8. The van der Waals surface area contributed by atoms with E-state index < -0.39 is 0 Å². The number of carbonyl (C=O) groups excluding carboxylic acids is 2. The van der Waals surface area contributed by atoms with E-state index in [-0.39, 0.29) is 30.4 Å². The lowest BCUT2D eigenvalue weighted by molar-refractivity contribution is -0.133. The number of aryl methyl sites for hydroxylation is 1. The fraction of sp³-hybridized carbons (Fsp3) is 0.520. The summed E-state index contributed by atoms with van der Waals surface area (Å²) in [6, 6.07) is 7.99. The molecule has 2 aromatic rings. The van der Waals surface area contributed by atoms with Crippen LogP contribution in [0, 0.1) is 12.7 Å². The molecule has 180 valence electrons. The Hall–Kier alpha value is -2.45. The molecule has 1 fully saturated rings. The van der Waals surface area contributed by atoms with Crippen molar-refractivity contribution >= 4 is 23.3 Å². The van der Waals surface area contributed by atoms with Gasteiger partial charge in [0.25, 0.3) is 0 Å². The Kier molecular flexibility index (Phi) is 9.69. The third-order valence-electron chi connectivity index (χ3n) is 5.81. The van der Waals surface area contributed by atoms with Crippen molar-refractivity contribution in [2.45, 2.75) is 58.7 Å². The van der Waals surface area contributed by atoms with Crippen LogP contribution in [0.3, 0.4) is 0 Å². The number of amides is 3. The second-order valence-electron chi connectivity index (χ2n) is 8.50. The number of ether oxygens (including phenoxy) is 1. The molecule has 1 saturated heterocycles. The van der Waals surface area contributed by atoms with Gasteiger partial charge in [-0.2, -0.15) is 0 Å². The topological polar surface area (TPSA) is 61.9 Å². The Morgan fingerprint density at radius 1 is 1.18 bits per heavy atom. The largest absolute Gasteiger partial charge is 0.376 e. The predicted molar refractivity (Wildman–Crippen MR) is 129 cm³/mol. The van der Waals surface area contributed by atoms with Crippen LogP contribution in [0.4, 0.5) is 9.18 Å². The van der Waals surface area contributed by atoms with Gasteiger partial charge in [-0.05, 0) is 60.9 Å². The minimum Gasteiger partial charge on any atom is -0.376 e. The second-order valence-corrected chi connectivity index (χ2v) is 9.50. The Bertz CT molecular complexity index is 897. The fourth-order valence-corrected chi connectivity index (χ4v) is 4.70. The summed E-state index contributed by atoms with van der Waals surface area (Å²) in [5, 5.41) is 4.94. The first-order valence-electron chi connectivity index (χ1n) is 11.7. The smallest absolute Gasteiger partial charge is 0.317 e. The van der Waals surface area contributed by atoms with E-state index in [1.807, 2.05) is 18.4 Å². The van der Waals surface area contributed by atoms with Gasteiger partial charge in [-0.1, -0.05) is 25.5 Å². The minimum atomic E-state index is -0.308. The maximum absolute atomic E-state index is 13.5. The summed E-state index contributed by atoms with van der Waals surface area (Å²) < 4.78 is 19.1. The zero-order chi connectivity index (χ0) is 23.6. The molecule has 1 aliphatic heterocycles. The lowest BCUT2D eigenvalue weighted by atomic mass is 10.2. The third kappa shape index (κ3) is 7.82. The van der Waals surface area contributed by atoms with Crippen LogP contribution in [-0.2, 0) is 22.6 Å². The highest BCUT2D eigenvalue weighted by molar-refractivity contribution is 7.10. The van der Waals surface area contributed by atoms with Crippen molar-refractivity contribution in [2.75, 3.05) is 26.2 Å². The van der Waals surface area contributed by atoms with Crippen LogP contribution in [0.1, 0.15) is 48.6 Å². The van der Waals surface area contributed by atoms with E-state index in [9.17, 15) is 14.0 Å². The highest BCUT2D eigenvalue weighted by Gasteiger charge is 2.26. The number of rotatable bonds is 11. The van der Waals surface area contributed by atoms with Crippen molar-refractivity contribution in [3.05, 3.63) is 57.5 Å². The molecule has 1 aliphatic rings. The molecule has 0 saturated carbocycles. The zero-order valence-corrected chi connectivity index (χ0v) is 20.3. The van der Waals surface area contributed by atoms with Crippen LogP contribution in [0.15, 0.2) is 35.7 Å². The maximum atomic E-state index is 13.5. The van der Waals surface area contributed by atoms with Crippen molar-refractivity contribution in [3.63, 3.8) is 0 Å². The molecule has 0 bridgehead atoms. The van der Waals surface area contributed by atoms with Gasteiger partial charge < -0.3 is 19.9 Å². The average molecular weight is 476 g/mol. The standard InChI is InChI=1S/C25H34FN3O3S/c1-3-4-12-27-25(31)29(16-22-6-5-13-32-22)18-24(30)28(17-23-19(2)11-14-33-23)15-20-7-9-21(26)10-8-20/h7-11,14,22H,3-6,12-13,15-18H2,1-2H3,(H,27,31). The molecule has 1 N–H and O–H groups in total. The molecule has 1 atom stereocenters. The van der Waals surface area contributed by atoms with E-state index >= 15 is 0 Å². The van der Waals surface area contributed by atoms with Crippen LogP contribution in [-0.4, -0.2) is 54.1 Å². The molecule has 1 aromatic heterocycles. The van der Waals surface area contributed by atoms with Crippen molar-refractivity contribution in [1.29, 1.82) is 0 Å². The van der Waals surface area contributed by atoms with E-state index in [1.54, 1.807) is 33.3 Å². The van der Waals surface area contributed by atoms with Gasteiger partial charge in [-0.25, -0.2) is 9.18 Å². The maximum Gasteiger partial charge on any atom is 0.317 e. The number of halogens is 1. The molecule has 33 heavy (non-hydrogen) atoms. The molecular weight excluding hydrogens is 441 g/mol. The van der Waals surface area contributed by atoms with Gasteiger partial charge >= 0.3 is 6.03 Å². The summed E-state index contributed by atoms with van der Waals surface area (Å²) in [5.74, 6) is -0.451. The number of unbranched alkanes of at least 4 members (excludes halogenated alkanes) is 1. The number of nitrogens with one attached hydrogen (secondary N) is 1. The average Bonchev–Trinajstić information content (AvgIpc) is 3.46. The van der Waals surface area contributed by atoms with Gasteiger partial charge in [0.05, 0.1) is 12.6 Å². The quantitative estimate of drug-likeness (QED) is 0.479. The highest BCUT2D eigenvalue weighted by Crippen LogP contribution is 2.20. The summed E-state index contributed by atoms with van der Waals surface area (Å²) in [6.45, 7) is 6.54. The van der Waals surface area contributed by atoms with Gasteiger partial charge in [0.15, 0.2) is 0 Å². The zero-order valence-electron chi connectivity index (χ0n) is 19.5. The van der Waals surface area contributed by atoms with Crippen molar-refractivity contribution in [2.24, 2.45) is 0 Å². The van der Waals surface area contributed by atoms with Crippen molar-refractivity contribution in [1.82, 2.24) is 15.1 Å². The van der Waals surface area contributed by atoms with Crippen LogP contribution < -0.4 is 5.32 Å². The lowest BCUT2D eigenvalue weighted by Crippen LogP contribution is -2.49. The van der Waals surface area contributed by atoms with Crippen LogP contribution >= 0.6 is 11.3 Å². The predicted octanol–water partition coefficient (Wildman–Crippen LogP) is 4.72. The van der Waals surface area contributed by atoms with E-state index in [1.165, 1.54) is 12.1 Å². The Morgan fingerprint density at radius 3 is 2.61 bits per heavy atom. The Morgan fingerprint density at radius 2 is 1.97 bits per heavy atom. The molecule has 0 radical (unpaired) electrons. The molecule has 1 aromatic carbocycles. The molecule has 0 spiro atoms. The number of benzene rings is 1. The third-order valence-corrected chi connectivity index (χ3v) is 6.82. The van der Waals surface area contributed by atoms with E-state index in [2.05, 4.69) is 12.2 Å². The molecule has 1 unspecified atom stereocenters. The second kappa shape index (κ2) is 12.7. The molecule has 6 nitrogen and oxygen atoms in total. The number of urea groups is 1. The summed E-state index contributed by atoms with van der Waals surface area (Å²) in [6.07, 6.45) is 3.69. The van der Waals surface area contributed by atoms with Gasteiger partial charge in [0, 0.05) is 31.1 Å². The first-order valence-corrected chi connectivity index (χ1v) is 12.5. The monoisotopic (exact) mass is 475 g/mol. The summed E-state index contributed by atoms with van der Waals surface area (Å²) in [5.41, 5.74) is 1.97. The number of thiophene rings is 1. The highest BCUT2D eigenvalue weighted by atomic mass is 32.1. The number of hydrogen-bond acceptors (Lipinski definition) is 4. The van der Waals surface area contributed by atoms with Crippen molar-refractivity contribution < 1.29 is 18.7 Å². The lowest BCUT2D eigenvalue weighted by Gasteiger charge is -2.29. The molecule has 8 heteroatoms. The van der Waals surface area contributed by atoms with Crippen molar-refractivity contribution in [3.8, 4) is 0 Å². The summed E-state index contributed by atoms with van der Waals surface area (Å²) in [7, 11) is 0. The van der Waals surface area contributed by atoms with E-state index in [0.29, 0.717) is 32.8 Å². The van der Waals surface area contributed by atoms with Crippen LogP contribution in [0.2, 0.25) is 0 Å².